The molecule has 3 rings (SSSR count). The number of piperidine rings is 1. The predicted octanol–water partition coefficient (Wildman–Crippen LogP) is 1.41. The lowest BCUT2D eigenvalue weighted by atomic mass is 9.94. The van der Waals surface area contributed by atoms with Gasteiger partial charge in [-0.3, -0.25) is 0 Å². The fourth-order valence-electron chi connectivity index (χ4n) is 3.44. The van der Waals surface area contributed by atoms with Crippen LogP contribution in [0.25, 0.3) is 0 Å². The van der Waals surface area contributed by atoms with Crippen molar-refractivity contribution in [1.29, 1.82) is 0 Å². The lowest BCUT2D eigenvalue weighted by Crippen LogP contribution is -2.39. The van der Waals surface area contributed by atoms with Crippen LogP contribution < -0.4 is 10.0 Å². The first-order chi connectivity index (χ1) is 9.99. The maximum absolute atomic E-state index is 12.0. The lowest BCUT2D eigenvalue weighted by Gasteiger charge is -2.31. The summed E-state index contributed by atoms with van der Waals surface area (Å²) in [6.07, 6.45) is 2.37. The highest BCUT2D eigenvalue weighted by molar-refractivity contribution is 7.89. The van der Waals surface area contributed by atoms with E-state index in [1.165, 1.54) is 26.6 Å². The Morgan fingerprint density at radius 1 is 1.24 bits per heavy atom. The number of sulfonamides is 1. The van der Waals surface area contributed by atoms with Gasteiger partial charge in [0.05, 0.1) is 4.90 Å². The van der Waals surface area contributed by atoms with Crippen molar-refractivity contribution in [3.8, 4) is 0 Å². The molecule has 5 nitrogen and oxygen atoms in total. The number of aryl methyl sites for hydroxylation is 1. The van der Waals surface area contributed by atoms with E-state index in [0.717, 1.165) is 24.2 Å². The maximum atomic E-state index is 12.0. The predicted molar refractivity (Wildman–Crippen MR) is 84.0 cm³/mol. The second-order valence-corrected chi connectivity index (χ2v) is 7.93. The average Bonchev–Trinajstić information content (AvgIpc) is 2.86. The van der Waals surface area contributed by atoms with Gasteiger partial charge >= 0.3 is 0 Å². The summed E-state index contributed by atoms with van der Waals surface area (Å²) < 4.78 is 26.5. The second-order valence-electron chi connectivity index (χ2n) is 6.08. The van der Waals surface area contributed by atoms with Gasteiger partial charge < -0.3 is 10.2 Å². The van der Waals surface area contributed by atoms with Crippen molar-refractivity contribution in [2.45, 2.75) is 30.7 Å². The molecular formula is C15H23N3O2S. The minimum absolute atomic E-state index is 0.360. The molecule has 0 amide bonds. The van der Waals surface area contributed by atoms with Gasteiger partial charge in [-0.15, -0.1) is 0 Å². The molecule has 2 aliphatic heterocycles. The Labute approximate surface area is 126 Å². The summed E-state index contributed by atoms with van der Waals surface area (Å²) in [6.45, 7) is 5.34. The molecule has 2 bridgehead atoms. The lowest BCUT2D eigenvalue weighted by molar-refractivity contribution is 0.255. The number of hydrogen-bond acceptors (Lipinski definition) is 4. The summed E-state index contributed by atoms with van der Waals surface area (Å²) in [7, 11) is -1.95. The summed E-state index contributed by atoms with van der Waals surface area (Å²) in [4.78, 5) is 2.87. The quantitative estimate of drug-likeness (QED) is 0.883. The van der Waals surface area contributed by atoms with Crippen molar-refractivity contribution < 1.29 is 8.42 Å². The average molecular weight is 309 g/mol. The molecule has 2 saturated heterocycles. The normalized spacial score (nSPS) is 28.6. The van der Waals surface area contributed by atoms with Gasteiger partial charge in [0, 0.05) is 24.8 Å². The largest absolute Gasteiger partial charge is 0.382 e. The molecule has 2 heterocycles. The molecule has 116 valence electrons. The number of benzene rings is 1. The molecule has 6 heteroatoms. The van der Waals surface area contributed by atoms with Gasteiger partial charge in [-0.25, -0.2) is 13.1 Å². The van der Waals surface area contributed by atoms with Gasteiger partial charge in [-0.2, -0.15) is 0 Å². The van der Waals surface area contributed by atoms with Gasteiger partial charge in [0.25, 0.3) is 0 Å². The molecule has 0 aromatic heterocycles. The second kappa shape index (κ2) is 5.59. The number of nitrogens with one attached hydrogen (secondary N) is 2. The fraction of sp³-hybridized carbons (Fsp3) is 0.600. The van der Waals surface area contributed by atoms with E-state index in [1.807, 2.05) is 19.1 Å². The first kappa shape index (κ1) is 14.8. The van der Waals surface area contributed by atoms with Crippen LogP contribution >= 0.6 is 0 Å². The first-order valence-electron chi connectivity index (χ1n) is 7.53. The number of nitrogens with zero attached hydrogens (tertiary/aromatic N) is 1. The minimum Gasteiger partial charge on any atom is -0.382 e. The summed E-state index contributed by atoms with van der Waals surface area (Å²) in [5.41, 5.74) is 1.67. The number of fused-ring (bicyclic) bond motifs is 2. The SMILES string of the molecule is CNS(=O)(=O)c1cc(NC2CCN3CCC2C3)ccc1C. The van der Waals surface area contributed by atoms with Crippen molar-refractivity contribution in [2.24, 2.45) is 5.92 Å². The highest BCUT2D eigenvalue weighted by atomic mass is 32.2. The van der Waals surface area contributed by atoms with Crippen LogP contribution in [0.3, 0.4) is 0 Å². The molecule has 2 N–H and O–H groups in total. The van der Waals surface area contributed by atoms with Crippen LogP contribution in [-0.2, 0) is 10.0 Å². The highest BCUT2D eigenvalue weighted by Crippen LogP contribution is 2.30. The Balaban J connectivity index is 1.81. The van der Waals surface area contributed by atoms with Crippen LogP contribution in [-0.4, -0.2) is 46.0 Å². The zero-order chi connectivity index (χ0) is 15.0. The number of rotatable bonds is 4. The fourth-order valence-corrected chi connectivity index (χ4v) is 4.44. The number of anilines is 1. The van der Waals surface area contributed by atoms with Crippen LogP contribution in [0.4, 0.5) is 5.69 Å². The zero-order valence-corrected chi connectivity index (χ0v) is 13.4. The van der Waals surface area contributed by atoms with E-state index in [1.54, 1.807) is 6.07 Å². The zero-order valence-electron chi connectivity index (χ0n) is 12.6. The molecule has 0 aliphatic carbocycles. The van der Waals surface area contributed by atoms with Crippen molar-refractivity contribution in [3.05, 3.63) is 23.8 Å². The highest BCUT2D eigenvalue weighted by Gasteiger charge is 2.34. The van der Waals surface area contributed by atoms with Crippen molar-refractivity contribution >= 4 is 15.7 Å². The van der Waals surface area contributed by atoms with E-state index in [2.05, 4.69) is 14.9 Å². The van der Waals surface area contributed by atoms with Crippen molar-refractivity contribution in [3.63, 3.8) is 0 Å². The third-order valence-electron chi connectivity index (χ3n) is 4.73. The Hall–Kier alpha value is -1.11. The Kier molecular flexibility index (Phi) is 3.94. The maximum Gasteiger partial charge on any atom is 0.240 e. The van der Waals surface area contributed by atoms with Crippen LogP contribution in [0.5, 0.6) is 0 Å². The third-order valence-corrected chi connectivity index (χ3v) is 6.29. The Morgan fingerprint density at radius 2 is 2.00 bits per heavy atom. The molecule has 0 saturated carbocycles. The van der Waals surface area contributed by atoms with E-state index in [-0.39, 0.29) is 0 Å². The summed E-state index contributed by atoms with van der Waals surface area (Å²) in [6, 6.07) is 6.06. The molecule has 3 atom stereocenters. The Bertz CT molecular complexity index is 630. The standard InChI is InChI=1S/C15H23N3O2S/c1-11-3-4-13(9-15(11)21(19,20)16-2)17-14-6-8-18-7-5-12(14)10-18/h3-4,9,12,14,16-17H,5-8,10H2,1-2H3. The van der Waals surface area contributed by atoms with Crippen LogP contribution in [0.15, 0.2) is 23.1 Å². The van der Waals surface area contributed by atoms with E-state index in [4.69, 9.17) is 0 Å². The molecule has 0 spiro atoms. The molecule has 0 radical (unpaired) electrons. The molecule has 3 unspecified atom stereocenters. The van der Waals surface area contributed by atoms with E-state index in [0.29, 0.717) is 16.9 Å². The monoisotopic (exact) mass is 309 g/mol. The van der Waals surface area contributed by atoms with Gasteiger partial charge in [0.2, 0.25) is 10.0 Å². The summed E-state index contributed by atoms with van der Waals surface area (Å²) in [5, 5.41) is 3.55. The summed E-state index contributed by atoms with van der Waals surface area (Å²) >= 11 is 0. The van der Waals surface area contributed by atoms with E-state index in [9.17, 15) is 8.42 Å². The van der Waals surface area contributed by atoms with Crippen LogP contribution in [0, 0.1) is 12.8 Å². The molecule has 2 aliphatic rings. The van der Waals surface area contributed by atoms with Gasteiger partial charge in [-0.1, -0.05) is 6.07 Å². The van der Waals surface area contributed by atoms with E-state index >= 15 is 0 Å². The summed E-state index contributed by atoms with van der Waals surface area (Å²) in [5.74, 6) is 0.685. The minimum atomic E-state index is -3.40. The third kappa shape index (κ3) is 2.93. The number of hydrogen-bond donors (Lipinski definition) is 2. The van der Waals surface area contributed by atoms with Crippen molar-refractivity contribution in [1.82, 2.24) is 9.62 Å². The van der Waals surface area contributed by atoms with Gasteiger partial charge in [0.1, 0.15) is 0 Å². The van der Waals surface area contributed by atoms with Crippen LogP contribution in [0.2, 0.25) is 0 Å². The Morgan fingerprint density at radius 3 is 2.76 bits per heavy atom. The molecule has 1 aromatic carbocycles. The molecule has 21 heavy (non-hydrogen) atoms. The molecule has 2 fully saturated rings. The molecular weight excluding hydrogens is 286 g/mol. The topological polar surface area (TPSA) is 61.4 Å². The molecule has 1 aromatic rings. The van der Waals surface area contributed by atoms with E-state index < -0.39 is 10.0 Å². The van der Waals surface area contributed by atoms with Crippen molar-refractivity contribution in [2.75, 3.05) is 32.0 Å². The van der Waals surface area contributed by atoms with Crippen LogP contribution in [0.1, 0.15) is 18.4 Å². The smallest absolute Gasteiger partial charge is 0.240 e. The van der Waals surface area contributed by atoms with Gasteiger partial charge in [-0.05, 0) is 57.0 Å². The first-order valence-corrected chi connectivity index (χ1v) is 9.01. The van der Waals surface area contributed by atoms with Gasteiger partial charge in [0.15, 0.2) is 0 Å².